The number of carbonyl (C=O) groups is 1. The number of hydrogen-bond donors (Lipinski definition) is 0. The predicted molar refractivity (Wildman–Crippen MR) is 78.3 cm³/mol. The van der Waals surface area contributed by atoms with Gasteiger partial charge in [-0.2, -0.15) is 4.98 Å². The molecule has 0 spiro atoms. The van der Waals surface area contributed by atoms with Gasteiger partial charge in [-0.15, -0.1) is 0 Å². The minimum absolute atomic E-state index is 0.0234. The molecule has 0 N–H and O–H groups in total. The molecule has 0 radical (unpaired) electrons. The van der Waals surface area contributed by atoms with E-state index >= 15 is 0 Å². The molecule has 1 aliphatic heterocycles. The summed E-state index contributed by atoms with van der Waals surface area (Å²) in [6.07, 6.45) is 5.67. The molecule has 2 heterocycles. The van der Waals surface area contributed by atoms with Gasteiger partial charge in [-0.3, -0.25) is 9.78 Å². The van der Waals surface area contributed by atoms with Gasteiger partial charge in [0.2, 0.25) is 17.7 Å². The Hall–Kier alpha value is -1.85. The van der Waals surface area contributed by atoms with Gasteiger partial charge < -0.3 is 14.4 Å². The molecule has 1 aliphatic rings. The lowest BCUT2D eigenvalue weighted by Crippen LogP contribution is -2.35. The summed E-state index contributed by atoms with van der Waals surface area (Å²) in [6, 6.07) is 0. The smallest absolute Gasteiger partial charge is 0.235 e. The number of nitrogens with zero attached hydrogens (tertiary/aromatic N) is 3. The average Bonchev–Trinajstić information content (AvgIpc) is 2.97. The molecule has 1 atom stereocenters. The topological polar surface area (TPSA) is 64.6 Å². The number of ether oxygens (including phenoxy) is 2. The Labute approximate surface area is 125 Å². The summed E-state index contributed by atoms with van der Waals surface area (Å²) in [6.45, 7) is 5.48. The molecule has 1 aromatic heterocycles. The van der Waals surface area contributed by atoms with Crippen molar-refractivity contribution >= 4 is 5.91 Å². The first-order valence-electron chi connectivity index (χ1n) is 7.49. The molecule has 1 fully saturated rings. The van der Waals surface area contributed by atoms with E-state index in [0.717, 1.165) is 25.8 Å². The fourth-order valence-electron chi connectivity index (χ4n) is 2.58. The summed E-state index contributed by atoms with van der Waals surface area (Å²) in [7, 11) is 1.54. The molecule has 0 aromatic carbocycles. The van der Waals surface area contributed by atoms with Crippen molar-refractivity contribution in [2.24, 2.45) is 5.92 Å². The Morgan fingerprint density at radius 3 is 2.76 bits per heavy atom. The van der Waals surface area contributed by atoms with Crippen molar-refractivity contribution in [1.82, 2.24) is 14.9 Å². The number of aromatic nitrogens is 2. The number of amides is 1. The van der Waals surface area contributed by atoms with Gasteiger partial charge in [0.25, 0.3) is 0 Å². The highest BCUT2D eigenvalue weighted by Crippen LogP contribution is 2.21. The van der Waals surface area contributed by atoms with E-state index in [9.17, 15) is 4.79 Å². The molecule has 0 aliphatic carbocycles. The Kier molecular flexibility index (Phi) is 5.36. The molecule has 116 valence electrons. The maximum Gasteiger partial charge on any atom is 0.235 e. The van der Waals surface area contributed by atoms with Gasteiger partial charge in [0, 0.05) is 18.9 Å². The van der Waals surface area contributed by atoms with Gasteiger partial charge in [-0.05, 0) is 12.8 Å². The highest BCUT2D eigenvalue weighted by atomic mass is 16.5. The molecule has 0 bridgehead atoms. The fraction of sp³-hybridized carbons (Fsp3) is 0.667. The van der Waals surface area contributed by atoms with Gasteiger partial charge in [-0.1, -0.05) is 13.8 Å². The second-order valence-electron chi connectivity index (χ2n) is 5.23. The van der Waals surface area contributed by atoms with Crippen LogP contribution in [0.2, 0.25) is 0 Å². The molecule has 6 nitrogen and oxygen atoms in total. The van der Waals surface area contributed by atoms with E-state index in [-0.39, 0.29) is 17.9 Å². The lowest BCUT2D eigenvalue weighted by molar-refractivity contribution is -0.134. The molecule has 6 heteroatoms. The van der Waals surface area contributed by atoms with Crippen LogP contribution in [0.15, 0.2) is 12.4 Å². The quantitative estimate of drug-likeness (QED) is 0.801. The number of rotatable bonds is 6. The third-order valence-corrected chi connectivity index (χ3v) is 3.88. The van der Waals surface area contributed by atoms with E-state index in [1.54, 1.807) is 13.3 Å². The minimum atomic E-state index is -0.0234. The van der Waals surface area contributed by atoms with Crippen molar-refractivity contribution in [3.8, 4) is 11.8 Å². The largest absolute Gasteiger partial charge is 0.480 e. The molecule has 1 saturated heterocycles. The maximum absolute atomic E-state index is 12.3. The van der Waals surface area contributed by atoms with Gasteiger partial charge in [-0.25, -0.2) is 0 Å². The monoisotopic (exact) mass is 293 g/mol. The first-order chi connectivity index (χ1) is 10.2. The zero-order valence-corrected chi connectivity index (χ0v) is 12.9. The van der Waals surface area contributed by atoms with E-state index in [1.165, 1.54) is 6.20 Å². The molecular formula is C15H23N3O3. The first-order valence-corrected chi connectivity index (χ1v) is 7.49. The van der Waals surface area contributed by atoms with Crippen molar-refractivity contribution in [3.05, 3.63) is 12.4 Å². The van der Waals surface area contributed by atoms with Crippen molar-refractivity contribution in [1.29, 1.82) is 0 Å². The number of hydrogen-bond acceptors (Lipinski definition) is 5. The van der Waals surface area contributed by atoms with E-state index in [4.69, 9.17) is 9.47 Å². The third-order valence-electron chi connectivity index (χ3n) is 3.88. The van der Waals surface area contributed by atoms with E-state index in [0.29, 0.717) is 18.3 Å². The maximum atomic E-state index is 12.3. The SMILES string of the molecule is CCC(CC)C(=O)N1CCC(Oc2cncc(OC)n2)C1. The summed E-state index contributed by atoms with van der Waals surface area (Å²) in [4.78, 5) is 22.4. The molecule has 2 rings (SSSR count). The minimum Gasteiger partial charge on any atom is -0.480 e. The van der Waals surface area contributed by atoms with Crippen LogP contribution >= 0.6 is 0 Å². The Morgan fingerprint density at radius 1 is 1.38 bits per heavy atom. The van der Waals surface area contributed by atoms with E-state index in [1.807, 2.05) is 4.90 Å². The Balaban J connectivity index is 1.91. The van der Waals surface area contributed by atoms with Crippen LogP contribution in [0.5, 0.6) is 11.8 Å². The first kappa shape index (κ1) is 15.5. The van der Waals surface area contributed by atoms with Gasteiger partial charge in [0.1, 0.15) is 6.10 Å². The summed E-state index contributed by atoms with van der Waals surface area (Å²) in [5.74, 6) is 1.23. The molecule has 1 amide bonds. The lowest BCUT2D eigenvalue weighted by Gasteiger charge is -2.21. The molecule has 0 saturated carbocycles. The fourth-order valence-corrected chi connectivity index (χ4v) is 2.58. The van der Waals surface area contributed by atoms with E-state index in [2.05, 4.69) is 23.8 Å². The molecule has 1 aromatic rings. The van der Waals surface area contributed by atoms with Crippen LogP contribution in [0.4, 0.5) is 0 Å². The van der Waals surface area contributed by atoms with Crippen LogP contribution in [0.3, 0.4) is 0 Å². The predicted octanol–water partition coefficient (Wildman–Crippen LogP) is 1.90. The summed E-state index contributed by atoms with van der Waals surface area (Å²) >= 11 is 0. The Morgan fingerprint density at radius 2 is 2.10 bits per heavy atom. The van der Waals surface area contributed by atoms with Crippen molar-refractivity contribution in [2.75, 3.05) is 20.2 Å². The van der Waals surface area contributed by atoms with Crippen LogP contribution < -0.4 is 9.47 Å². The third kappa shape index (κ3) is 3.83. The second kappa shape index (κ2) is 7.24. The molecule has 21 heavy (non-hydrogen) atoms. The van der Waals surface area contributed by atoms with Crippen LogP contribution in [0.1, 0.15) is 33.1 Å². The zero-order chi connectivity index (χ0) is 15.2. The van der Waals surface area contributed by atoms with Crippen molar-refractivity contribution in [3.63, 3.8) is 0 Å². The second-order valence-corrected chi connectivity index (χ2v) is 5.23. The Bertz CT molecular complexity index is 477. The van der Waals surface area contributed by atoms with Gasteiger partial charge in [0.15, 0.2) is 0 Å². The summed E-state index contributed by atoms with van der Waals surface area (Å²) in [5.41, 5.74) is 0. The highest BCUT2D eigenvalue weighted by Gasteiger charge is 2.30. The van der Waals surface area contributed by atoms with Gasteiger partial charge >= 0.3 is 0 Å². The number of carbonyl (C=O) groups excluding carboxylic acids is 1. The lowest BCUT2D eigenvalue weighted by atomic mass is 10.0. The van der Waals surface area contributed by atoms with Crippen LogP contribution in [0, 0.1) is 5.92 Å². The normalized spacial score (nSPS) is 18.1. The average molecular weight is 293 g/mol. The van der Waals surface area contributed by atoms with Crippen LogP contribution in [-0.4, -0.2) is 47.1 Å². The summed E-state index contributed by atoms with van der Waals surface area (Å²) < 4.78 is 10.8. The number of likely N-dealkylation sites (tertiary alicyclic amines) is 1. The standard InChI is InChI=1S/C15H23N3O3/c1-4-11(5-2)15(19)18-7-6-12(10-18)21-14-9-16-8-13(17-14)20-3/h8-9,11-12H,4-7,10H2,1-3H3. The van der Waals surface area contributed by atoms with Crippen molar-refractivity contribution in [2.45, 2.75) is 39.2 Å². The van der Waals surface area contributed by atoms with Crippen LogP contribution in [0.25, 0.3) is 0 Å². The summed E-state index contributed by atoms with van der Waals surface area (Å²) in [5, 5.41) is 0. The molecular weight excluding hydrogens is 270 g/mol. The van der Waals surface area contributed by atoms with Gasteiger partial charge in [0.05, 0.1) is 26.0 Å². The zero-order valence-electron chi connectivity index (χ0n) is 12.9. The van der Waals surface area contributed by atoms with E-state index < -0.39 is 0 Å². The number of methoxy groups -OCH3 is 1. The molecule has 1 unspecified atom stereocenters. The van der Waals surface area contributed by atoms with Crippen molar-refractivity contribution < 1.29 is 14.3 Å². The van der Waals surface area contributed by atoms with Crippen LogP contribution in [-0.2, 0) is 4.79 Å². The highest BCUT2D eigenvalue weighted by molar-refractivity contribution is 5.79.